The molecule has 0 rings (SSSR count). The number of likely N-dealkylation sites (N-methyl/N-ethyl adjacent to an activating group) is 1. The Morgan fingerprint density at radius 2 is 0.910 bits per heavy atom. The molecule has 3 unspecified atom stereocenters. The third-order valence-corrected chi connectivity index (χ3v) is 13.5. The summed E-state index contributed by atoms with van der Waals surface area (Å²) >= 11 is 0. The molecule has 0 bridgehead atoms. The minimum Gasteiger partial charge on any atom is -0.756 e. The van der Waals surface area contributed by atoms with Crippen molar-refractivity contribution in [2.75, 3.05) is 40.9 Å². The third kappa shape index (κ3) is 51.9. The fourth-order valence-corrected chi connectivity index (χ4v) is 8.85. The quantitative estimate of drug-likeness (QED) is 0.0272. The van der Waals surface area contributed by atoms with Gasteiger partial charge in [-0.25, -0.2) is 0 Å². The van der Waals surface area contributed by atoms with E-state index in [-0.39, 0.29) is 19.1 Å². The summed E-state index contributed by atoms with van der Waals surface area (Å²) in [6, 6.07) is -0.803. The van der Waals surface area contributed by atoms with Crippen LogP contribution < -0.4 is 10.2 Å². The van der Waals surface area contributed by atoms with Crippen molar-refractivity contribution in [3.05, 3.63) is 60.8 Å². The maximum Gasteiger partial charge on any atom is 0.268 e. The lowest BCUT2D eigenvalue weighted by Crippen LogP contribution is -2.46. The number of phosphoric ester groups is 1. The van der Waals surface area contributed by atoms with E-state index in [0.717, 1.165) is 70.6 Å². The maximum atomic E-state index is 13.0. The van der Waals surface area contributed by atoms with Gasteiger partial charge in [0.2, 0.25) is 5.91 Å². The van der Waals surface area contributed by atoms with Crippen LogP contribution in [0.3, 0.4) is 0 Å². The van der Waals surface area contributed by atoms with Gasteiger partial charge in [0.15, 0.2) is 0 Å². The lowest BCUT2D eigenvalue weighted by Gasteiger charge is -2.30. The molecule has 0 radical (unpaired) electrons. The van der Waals surface area contributed by atoms with Gasteiger partial charge in [-0.1, -0.05) is 248 Å². The number of unbranched alkanes of at least 4 members (excludes halogenated alkanes) is 28. The van der Waals surface area contributed by atoms with Crippen LogP contribution in [0.25, 0.3) is 0 Å². The third-order valence-electron chi connectivity index (χ3n) is 12.5. The molecule has 67 heavy (non-hydrogen) atoms. The molecule has 0 aliphatic rings. The highest BCUT2D eigenvalue weighted by Crippen LogP contribution is 2.38. The van der Waals surface area contributed by atoms with Crippen molar-refractivity contribution in [2.45, 2.75) is 264 Å². The number of quaternary nitrogens is 1. The lowest BCUT2D eigenvalue weighted by molar-refractivity contribution is -0.870. The fraction of sp³-hybridized carbons (Fsp3) is 0.810. The zero-order valence-electron chi connectivity index (χ0n) is 44.6. The molecule has 0 aliphatic heterocycles. The Morgan fingerprint density at radius 1 is 0.537 bits per heavy atom. The first-order valence-electron chi connectivity index (χ1n) is 28.1. The number of amides is 1. The van der Waals surface area contributed by atoms with Gasteiger partial charge in [-0.3, -0.25) is 9.36 Å². The normalized spacial score (nSPS) is 14.4. The highest BCUT2D eigenvalue weighted by Gasteiger charge is 2.24. The van der Waals surface area contributed by atoms with Crippen molar-refractivity contribution in [2.24, 2.45) is 0 Å². The zero-order chi connectivity index (χ0) is 49.2. The number of rotatable bonds is 51. The van der Waals surface area contributed by atoms with E-state index in [1.54, 1.807) is 0 Å². The van der Waals surface area contributed by atoms with Gasteiger partial charge in [0.25, 0.3) is 7.82 Å². The Kier molecular flexibility index (Phi) is 47.9. The molecular weight excluding hydrogens is 852 g/mol. The second kappa shape index (κ2) is 49.2. The van der Waals surface area contributed by atoms with Crippen molar-refractivity contribution in [1.82, 2.24) is 5.32 Å². The summed E-state index contributed by atoms with van der Waals surface area (Å²) in [7, 11) is 1.30. The molecule has 0 heterocycles. The van der Waals surface area contributed by atoms with Gasteiger partial charge in [0.05, 0.1) is 39.9 Å². The van der Waals surface area contributed by atoms with Gasteiger partial charge in [-0.05, 0) is 57.8 Å². The van der Waals surface area contributed by atoms with Crippen LogP contribution in [-0.2, 0) is 18.4 Å². The van der Waals surface area contributed by atoms with Crippen molar-refractivity contribution >= 4 is 13.7 Å². The molecule has 8 nitrogen and oxygen atoms in total. The molecule has 0 saturated carbocycles. The number of hydrogen-bond donors (Lipinski definition) is 2. The van der Waals surface area contributed by atoms with Gasteiger partial charge in [-0.15, -0.1) is 0 Å². The number of carbonyl (C=O) groups is 1. The molecule has 9 heteroatoms. The molecule has 0 saturated heterocycles. The standard InChI is InChI=1S/C58H109N2O6P/c1-6-8-10-12-14-16-18-20-22-24-25-26-27-28-29-30-31-32-33-34-35-36-38-40-42-44-46-48-50-52-58(62)59-56(55-66-67(63,64)65-54-53-60(3,4)5)57(61)51-49-47-45-43-41-39-37-23-21-19-17-15-13-11-9-7-2/h8,10,14,16,20,22,25-26,28-29,56-57,61H,6-7,9,11-13,15,17-19,21,23-24,27,30-55H2,1-5H3,(H-,59,62,63,64)/b10-8-,16-14-,22-20-,26-25-,29-28-. The molecule has 0 aromatic carbocycles. The molecule has 0 aromatic rings. The van der Waals surface area contributed by atoms with Crippen molar-refractivity contribution in [3.63, 3.8) is 0 Å². The Morgan fingerprint density at radius 3 is 1.33 bits per heavy atom. The second-order valence-corrected chi connectivity index (χ2v) is 21.7. The summed E-state index contributed by atoms with van der Waals surface area (Å²) in [6.07, 6.45) is 65.3. The number of hydrogen-bond acceptors (Lipinski definition) is 6. The van der Waals surface area contributed by atoms with E-state index in [0.29, 0.717) is 23.9 Å². The van der Waals surface area contributed by atoms with Crippen LogP contribution in [0.2, 0.25) is 0 Å². The van der Waals surface area contributed by atoms with Crippen LogP contribution in [0.5, 0.6) is 0 Å². The second-order valence-electron chi connectivity index (χ2n) is 20.3. The minimum atomic E-state index is -4.57. The number of aliphatic hydroxyl groups excluding tert-OH is 1. The van der Waals surface area contributed by atoms with E-state index in [1.165, 1.54) is 154 Å². The first-order valence-corrected chi connectivity index (χ1v) is 29.6. The van der Waals surface area contributed by atoms with Gasteiger partial charge in [0, 0.05) is 6.42 Å². The lowest BCUT2D eigenvalue weighted by atomic mass is 10.0. The molecular formula is C58H109N2O6P. The number of aliphatic hydroxyl groups is 1. The molecule has 3 atom stereocenters. The number of allylic oxidation sites excluding steroid dienone is 10. The topological polar surface area (TPSA) is 108 Å². The van der Waals surface area contributed by atoms with Gasteiger partial charge >= 0.3 is 0 Å². The van der Waals surface area contributed by atoms with Crippen LogP contribution in [-0.4, -0.2) is 68.5 Å². The van der Waals surface area contributed by atoms with E-state index >= 15 is 0 Å². The first kappa shape index (κ1) is 65.2. The summed E-state index contributed by atoms with van der Waals surface area (Å²) in [6.45, 7) is 4.62. The highest BCUT2D eigenvalue weighted by molar-refractivity contribution is 7.45. The average molecular weight is 961 g/mol. The Labute approximate surface area is 415 Å². The molecule has 0 aliphatic carbocycles. The van der Waals surface area contributed by atoms with Crippen molar-refractivity contribution < 1.29 is 32.9 Å². The number of phosphoric acid groups is 1. The van der Waals surface area contributed by atoms with Gasteiger partial charge in [0.1, 0.15) is 13.2 Å². The Balaban J connectivity index is 4.13. The summed E-state index contributed by atoms with van der Waals surface area (Å²) in [5, 5.41) is 14.0. The van der Waals surface area contributed by atoms with Gasteiger partial charge in [-0.2, -0.15) is 0 Å². The predicted molar refractivity (Wildman–Crippen MR) is 288 cm³/mol. The average Bonchev–Trinajstić information content (AvgIpc) is 3.29. The highest BCUT2D eigenvalue weighted by atomic mass is 31.2. The van der Waals surface area contributed by atoms with Gasteiger partial charge < -0.3 is 28.8 Å². The largest absolute Gasteiger partial charge is 0.756 e. The summed E-state index contributed by atoms with van der Waals surface area (Å²) in [5.41, 5.74) is 0. The smallest absolute Gasteiger partial charge is 0.268 e. The van der Waals surface area contributed by atoms with Crippen molar-refractivity contribution in [1.29, 1.82) is 0 Å². The van der Waals surface area contributed by atoms with E-state index in [2.05, 4.69) is 79.9 Å². The maximum absolute atomic E-state index is 13.0. The SMILES string of the molecule is CC/C=C\C/C=C\C/C=C\C/C=C\C/C=C\CCCCCCCCCCCCCCCC(=O)NC(COP(=O)([O-])OCC[N+](C)(C)C)C(O)CCCCCCCCCCCCCCCCCC. The van der Waals surface area contributed by atoms with E-state index in [1.807, 2.05) is 21.1 Å². The molecule has 0 fully saturated rings. The van der Waals surface area contributed by atoms with Crippen molar-refractivity contribution in [3.8, 4) is 0 Å². The zero-order valence-corrected chi connectivity index (χ0v) is 45.5. The van der Waals surface area contributed by atoms with E-state index < -0.39 is 20.0 Å². The molecule has 1 amide bonds. The molecule has 392 valence electrons. The number of nitrogens with one attached hydrogen (secondary N) is 1. The minimum absolute atomic E-state index is 0.0109. The van der Waals surface area contributed by atoms with E-state index in [4.69, 9.17) is 9.05 Å². The predicted octanol–water partition coefficient (Wildman–Crippen LogP) is 16.3. The molecule has 2 N–H and O–H groups in total. The van der Waals surface area contributed by atoms with Crippen LogP contribution in [0.15, 0.2) is 60.8 Å². The first-order chi connectivity index (χ1) is 32.5. The van der Waals surface area contributed by atoms with Crippen LogP contribution in [0.4, 0.5) is 0 Å². The Bertz CT molecular complexity index is 1270. The summed E-state index contributed by atoms with van der Waals surface area (Å²) in [4.78, 5) is 25.5. The summed E-state index contributed by atoms with van der Waals surface area (Å²) in [5.74, 6) is -0.166. The monoisotopic (exact) mass is 961 g/mol. The Hall–Kier alpha value is -1.80. The fourth-order valence-electron chi connectivity index (χ4n) is 8.13. The summed E-state index contributed by atoms with van der Waals surface area (Å²) < 4.78 is 23.4. The molecule has 0 spiro atoms. The van der Waals surface area contributed by atoms with Crippen LogP contribution in [0.1, 0.15) is 251 Å². The molecule has 0 aromatic heterocycles. The van der Waals surface area contributed by atoms with Crippen LogP contribution in [0, 0.1) is 0 Å². The van der Waals surface area contributed by atoms with E-state index in [9.17, 15) is 19.4 Å². The number of nitrogens with zero attached hydrogens (tertiary/aromatic N) is 1. The number of carbonyl (C=O) groups excluding carboxylic acids is 1. The van der Waals surface area contributed by atoms with Crippen LogP contribution >= 0.6 is 7.82 Å².